The van der Waals surface area contributed by atoms with Gasteiger partial charge in [0, 0.05) is 6.42 Å². The first-order valence-corrected chi connectivity index (χ1v) is 19.6. The number of aliphatic hydroxyl groups is 1. The summed E-state index contributed by atoms with van der Waals surface area (Å²) in [6, 6.07) is -0.974. The van der Waals surface area contributed by atoms with Gasteiger partial charge in [-0.15, -0.1) is 0 Å². The molecular weight excluding hydrogens is 558 g/mol. The van der Waals surface area contributed by atoms with Crippen LogP contribution in [-0.4, -0.2) is 41.9 Å². The van der Waals surface area contributed by atoms with Crippen LogP contribution >= 0.6 is 0 Å². The van der Waals surface area contributed by atoms with Gasteiger partial charge in [0.2, 0.25) is 5.91 Å². The monoisotopic (exact) mass is 627 g/mol. The van der Waals surface area contributed by atoms with Crippen LogP contribution in [0.25, 0.3) is 0 Å². The number of unbranched alkanes of at least 4 members (excludes halogenated alkanes) is 20. The third-order valence-electron chi connectivity index (χ3n) is 8.16. The Morgan fingerprint density at radius 2 is 1.07 bits per heavy atom. The minimum Gasteiger partial charge on any atom is -0.391 e. The zero-order valence-electron chi connectivity index (χ0n) is 28.1. The van der Waals surface area contributed by atoms with E-state index in [0.29, 0.717) is 12.8 Å². The van der Waals surface area contributed by atoms with E-state index in [1.807, 2.05) is 0 Å². The van der Waals surface area contributed by atoms with Gasteiger partial charge < -0.3 is 10.4 Å². The Bertz CT molecular complexity index is 781. The van der Waals surface area contributed by atoms with Crippen molar-refractivity contribution in [3.05, 3.63) is 24.3 Å². The highest BCUT2D eigenvalue weighted by atomic mass is 32.2. The molecule has 0 aromatic heterocycles. The van der Waals surface area contributed by atoms with Crippen LogP contribution in [0.4, 0.5) is 0 Å². The predicted octanol–water partition coefficient (Wildman–Crippen LogP) is 10.0. The summed E-state index contributed by atoms with van der Waals surface area (Å²) in [5, 5.41) is 13.3. The van der Waals surface area contributed by atoms with E-state index in [1.165, 1.54) is 89.9 Å². The van der Waals surface area contributed by atoms with Gasteiger partial charge in [-0.1, -0.05) is 160 Å². The first kappa shape index (κ1) is 41.8. The second-order valence-electron chi connectivity index (χ2n) is 12.5. The minimum atomic E-state index is -4.31. The molecule has 0 aliphatic rings. The summed E-state index contributed by atoms with van der Waals surface area (Å²) in [6.07, 6.45) is 36.9. The number of rotatable bonds is 32. The van der Waals surface area contributed by atoms with E-state index >= 15 is 0 Å². The highest BCUT2D eigenvalue weighted by Crippen LogP contribution is 2.15. The van der Waals surface area contributed by atoms with Crippen molar-refractivity contribution in [2.75, 3.05) is 5.75 Å². The predicted molar refractivity (Wildman–Crippen MR) is 184 cm³/mol. The van der Waals surface area contributed by atoms with Crippen molar-refractivity contribution >= 4 is 16.0 Å². The fourth-order valence-corrected chi connectivity index (χ4v) is 6.17. The SMILES string of the molecule is CCCC/C=C\C/C=C\CCCCCCCC(=O)NC(CS(=O)(=O)O)C(O)CCCCCCCCCCCCCCCC. The van der Waals surface area contributed by atoms with Crippen molar-refractivity contribution < 1.29 is 22.9 Å². The Balaban J connectivity index is 3.96. The van der Waals surface area contributed by atoms with Gasteiger partial charge >= 0.3 is 0 Å². The van der Waals surface area contributed by atoms with Crippen LogP contribution in [0, 0.1) is 0 Å². The minimum absolute atomic E-state index is 0.261. The molecule has 1 amide bonds. The highest BCUT2D eigenvalue weighted by Gasteiger charge is 2.26. The molecule has 0 aromatic rings. The summed E-state index contributed by atoms with van der Waals surface area (Å²) in [7, 11) is -4.31. The van der Waals surface area contributed by atoms with Gasteiger partial charge in [-0.05, 0) is 38.5 Å². The van der Waals surface area contributed by atoms with Gasteiger partial charge in [0.15, 0.2) is 0 Å². The normalized spacial score (nSPS) is 13.7. The van der Waals surface area contributed by atoms with Gasteiger partial charge in [0.05, 0.1) is 17.9 Å². The molecule has 0 aliphatic carbocycles. The number of carbonyl (C=O) groups is 1. The average molecular weight is 628 g/mol. The first-order valence-electron chi connectivity index (χ1n) is 18.0. The van der Waals surface area contributed by atoms with Crippen LogP contribution in [0.3, 0.4) is 0 Å². The molecule has 0 spiro atoms. The molecule has 0 saturated heterocycles. The van der Waals surface area contributed by atoms with E-state index in [4.69, 9.17) is 0 Å². The van der Waals surface area contributed by atoms with Crippen LogP contribution in [-0.2, 0) is 14.9 Å². The summed E-state index contributed by atoms with van der Waals surface area (Å²) < 4.78 is 32.4. The number of nitrogens with one attached hydrogen (secondary N) is 1. The molecule has 0 heterocycles. The lowest BCUT2D eigenvalue weighted by Crippen LogP contribution is -2.47. The number of hydrogen-bond donors (Lipinski definition) is 3. The van der Waals surface area contributed by atoms with Gasteiger partial charge in [-0.2, -0.15) is 8.42 Å². The third kappa shape index (κ3) is 32.0. The lowest BCUT2D eigenvalue weighted by molar-refractivity contribution is -0.122. The first-order chi connectivity index (χ1) is 20.8. The molecule has 0 fully saturated rings. The van der Waals surface area contributed by atoms with Crippen molar-refractivity contribution in [2.45, 2.75) is 193 Å². The number of amides is 1. The molecular formula is C36H69NO5S. The molecule has 6 nitrogen and oxygen atoms in total. The summed E-state index contributed by atoms with van der Waals surface area (Å²) >= 11 is 0. The molecule has 0 saturated carbocycles. The number of carbonyl (C=O) groups excluding carboxylic acids is 1. The van der Waals surface area contributed by atoms with Crippen LogP contribution in [0.2, 0.25) is 0 Å². The number of allylic oxidation sites excluding steroid dienone is 4. The third-order valence-corrected chi connectivity index (χ3v) is 8.94. The second-order valence-corrected chi connectivity index (χ2v) is 14.0. The van der Waals surface area contributed by atoms with Crippen molar-refractivity contribution in [3.63, 3.8) is 0 Å². The van der Waals surface area contributed by atoms with E-state index in [0.717, 1.165) is 64.2 Å². The standard InChI is InChI=1S/C36H69NO5S/c1-3-5-7-9-11-13-15-17-19-21-23-25-27-29-31-35(38)34(33-43(40,41)42)37-36(39)32-30-28-26-24-22-20-18-16-14-12-10-8-6-4-2/h10,12,16,18,34-35,38H,3-9,11,13-15,17,19-33H2,1-2H3,(H,37,39)(H,40,41,42)/b12-10-,18-16-. The molecule has 0 rings (SSSR count). The smallest absolute Gasteiger partial charge is 0.266 e. The van der Waals surface area contributed by atoms with E-state index in [2.05, 4.69) is 43.5 Å². The molecule has 0 radical (unpaired) electrons. The Hall–Kier alpha value is -1.18. The van der Waals surface area contributed by atoms with E-state index in [1.54, 1.807) is 0 Å². The van der Waals surface area contributed by atoms with Crippen LogP contribution in [0.15, 0.2) is 24.3 Å². The quantitative estimate of drug-likeness (QED) is 0.0391. The fraction of sp³-hybridized carbons (Fsp3) is 0.861. The Morgan fingerprint density at radius 3 is 1.58 bits per heavy atom. The number of hydrogen-bond acceptors (Lipinski definition) is 4. The molecule has 2 atom stereocenters. The molecule has 254 valence electrons. The second kappa shape index (κ2) is 30.8. The molecule has 2 unspecified atom stereocenters. The maximum absolute atomic E-state index is 12.5. The molecule has 3 N–H and O–H groups in total. The van der Waals surface area contributed by atoms with Crippen molar-refractivity contribution in [1.29, 1.82) is 0 Å². The van der Waals surface area contributed by atoms with E-state index < -0.39 is 28.0 Å². The van der Waals surface area contributed by atoms with Gasteiger partial charge in [-0.25, -0.2) is 0 Å². The summed E-state index contributed by atoms with van der Waals surface area (Å²) in [4.78, 5) is 12.5. The lowest BCUT2D eigenvalue weighted by atomic mass is 10.0. The molecule has 43 heavy (non-hydrogen) atoms. The van der Waals surface area contributed by atoms with Gasteiger partial charge in [0.1, 0.15) is 0 Å². The Labute approximate surface area is 266 Å². The highest BCUT2D eigenvalue weighted by molar-refractivity contribution is 7.85. The molecule has 0 bridgehead atoms. The van der Waals surface area contributed by atoms with Gasteiger partial charge in [0.25, 0.3) is 10.1 Å². The summed E-state index contributed by atoms with van der Waals surface area (Å²) in [5.74, 6) is -0.913. The molecule has 7 heteroatoms. The topological polar surface area (TPSA) is 104 Å². The van der Waals surface area contributed by atoms with E-state index in [9.17, 15) is 22.9 Å². The molecule has 0 aliphatic heterocycles. The van der Waals surface area contributed by atoms with Crippen molar-refractivity contribution in [3.8, 4) is 0 Å². The van der Waals surface area contributed by atoms with Crippen molar-refractivity contribution in [2.24, 2.45) is 0 Å². The lowest BCUT2D eigenvalue weighted by Gasteiger charge is -2.23. The van der Waals surface area contributed by atoms with Crippen molar-refractivity contribution in [1.82, 2.24) is 5.32 Å². The van der Waals surface area contributed by atoms with Crippen LogP contribution in [0.5, 0.6) is 0 Å². The summed E-state index contributed by atoms with van der Waals surface area (Å²) in [6.45, 7) is 4.46. The largest absolute Gasteiger partial charge is 0.391 e. The summed E-state index contributed by atoms with van der Waals surface area (Å²) in [5.41, 5.74) is 0. The van der Waals surface area contributed by atoms with E-state index in [-0.39, 0.29) is 5.91 Å². The average Bonchev–Trinajstić information content (AvgIpc) is 2.96. The van der Waals surface area contributed by atoms with Gasteiger partial charge in [-0.3, -0.25) is 9.35 Å². The fourth-order valence-electron chi connectivity index (χ4n) is 5.41. The zero-order chi connectivity index (χ0) is 31.9. The van der Waals surface area contributed by atoms with Crippen LogP contribution in [0.1, 0.15) is 181 Å². The Morgan fingerprint density at radius 1 is 0.628 bits per heavy atom. The maximum atomic E-state index is 12.5. The zero-order valence-corrected chi connectivity index (χ0v) is 28.9. The van der Waals surface area contributed by atoms with Crippen LogP contribution < -0.4 is 5.32 Å². The maximum Gasteiger partial charge on any atom is 0.266 e. The Kier molecular flexibility index (Phi) is 30.0. The molecule has 0 aromatic carbocycles. The number of aliphatic hydroxyl groups excluding tert-OH is 1.